The van der Waals surface area contributed by atoms with E-state index in [1.165, 1.54) is 6.07 Å². The summed E-state index contributed by atoms with van der Waals surface area (Å²) in [6.07, 6.45) is 2.61. The largest absolute Gasteiger partial charge is 0.380 e. The minimum Gasteiger partial charge on any atom is -0.380 e. The second-order valence-corrected chi connectivity index (χ2v) is 7.89. The number of fused-ring (bicyclic) bond motifs is 1. The lowest BCUT2D eigenvalue weighted by atomic mass is 10.1. The number of aliphatic hydroxyl groups is 1. The van der Waals surface area contributed by atoms with E-state index in [9.17, 15) is 19.1 Å². The van der Waals surface area contributed by atoms with Crippen LogP contribution in [-0.2, 0) is 4.79 Å². The molecule has 2 aromatic carbocycles. The van der Waals surface area contributed by atoms with Gasteiger partial charge in [-0.15, -0.1) is 0 Å². The average Bonchev–Trinajstić information content (AvgIpc) is 3.38. The van der Waals surface area contributed by atoms with E-state index >= 15 is 0 Å². The van der Waals surface area contributed by atoms with E-state index in [1.54, 1.807) is 45.0 Å². The monoisotopic (exact) mass is 408 g/mol. The third kappa shape index (κ3) is 3.13. The molecule has 1 aliphatic heterocycles. The number of nitrogens with zero attached hydrogens (tertiary/aromatic N) is 4. The van der Waals surface area contributed by atoms with Crippen molar-refractivity contribution < 1.29 is 19.1 Å². The maximum atomic E-state index is 13.9. The predicted octanol–water partition coefficient (Wildman–Crippen LogP) is 1.97. The van der Waals surface area contributed by atoms with E-state index in [0.717, 1.165) is 5.69 Å². The Balaban J connectivity index is 1.28. The van der Waals surface area contributed by atoms with Gasteiger partial charge in [0.1, 0.15) is 17.4 Å². The molecule has 30 heavy (non-hydrogen) atoms. The molecule has 2 amide bonds. The second kappa shape index (κ2) is 6.91. The van der Waals surface area contributed by atoms with Gasteiger partial charge in [-0.2, -0.15) is 0 Å². The molecule has 1 saturated carbocycles. The van der Waals surface area contributed by atoms with Gasteiger partial charge in [0.2, 0.25) is 0 Å². The van der Waals surface area contributed by atoms with Gasteiger partial charge in [-0.05, 0) is 49.2 Å². The van der Waals surface area contributed by atoms with Crippen molar-refractivity contribution in [2.24, 2.45) is 0 Å². The molecule has 8 heteroatoms. The number of hydrogen-bond acceptors (Lipinski definition) is 4. The van der Waals surface area contributed by atoms with Crippen molar-refractivity contribution in [1.82, 2.24) is 19.4 Å². The van der Waals surface area contributed by atoms with Crippen molar-refractivity contribution in [3.05, 3.63) is 60.2 Å². The number of halogens is 1. The van der Waals surface area contributed by atoms with Crippen molar-refractivity contribution in [2.75, 3.05) is 26.2 Å². The molecule has 5 rings (SSSR count). The van der Waals surface area contributed by atoms with Crippen molar-refractivity contribution in [2.45, 2.75) is 18.4 Å². The molecule has 1 saturated heterocycles. The van der Waals surface area contributed by atoms with Gasteiger partial charge in [0.05, 0.1) is 5.52 Å². The molecule has 2 aliphatic rings. The van der Waals surface area contributed by atoms with Crippen molar-refractivity contribution in [1.29, 1.82) is 0 Å². The Morgan fingerprint density at radius 1 is 0.967 bits per heavy atom. The zero-order chi connectivity index (χ0) is 20.9. The molecule has 3 aromatic rings. The first-order valence-electron chi connectivity index (χ1n) is 9.99. The van der Waals surface area contributed by atoms with Crippen LogP contribution in [0.25, 0.3) is 16.7 Å². The molecule has 0 radical (unpaired) electrons. The molecule has 154 valence electrons. The number of benzene rings is 2. The van der Waals surface area contributed by atoms with Crippen molar-refractivity contribution in [3.8, 4) is 5.69 Å². The Hall–Kier alpha value is -3.26. The fraction of sp³-hybridized carbons (Fsp3) is 0.318. The van der Waals surface area contributed by atoms with Crippen LogP contribution < -0.4 is 0 Å². The summed E-state index contributed by atoms with van der Waals surface area (Å²) in [5.41, 5.74) is 1.14. The van der Waals surface area contributed by atoms with Crippen LogP contribution in [0, 0.1) is 5.82 Å². The number of rotatable bonds is 3. The molecule has 1 N–H and O–H groups in total. The smallest absolute Gasteiger partial charge is 0.254 e. The summed E-state index contributed by atoms with van der Waals surface area (Å²) in [5, 5.41) is 9.99. The quantitative estimate of drug-likeness (QED) is 0.719. The highest BCUT2D eigenvalue weighted by atomic mass is 19.1. The third-order valence-corrected chi connectivity index (χ3v) is 5.90. The lowest BCUT2D eigenvalue weighted by molar-refractivity contribution is -0.143. The maximum Gasteiger partial charge on any atom is 0.254 e. The molecule has 0 unspecified atom stereocenters. The number of para-hydroxylation sites is 1. The first-order chi connectivity index (χ1) is 14.5. The molecule has 0 atom stereocenters. The lowest BCUT2D eigenvalue weighted by Gasteiger charge is -2.35. The summed E-state index contributed by atoms with van der Waals surface area (Å²) in [6.45, 7) is 1.73. The Morgan fingerprint density at radius 3 is 2.30 bits per heavy atom. The second-order valence-electron chi connectivity index (χ2n) is 7.89. The summed E-state index contributed by atoms with van der Waals surface area (Å²) < 4.78 is 15.7. The van der Waals surface area contributed by atoms with Gasteiger partial charge < -0.3 is 14.9 Å². The van der Waals surface area contributed by atoms with E-state index in [2.05, 4.69) is 4.98 Å². The number of aromatic nitrogens is 2. The van der Waals surface area contributed by atoms with E-state index < -0.39 is 5.60 Å². The van der Waals surface area contributed by atoms with Crippen LogP contribution >= 0.6 is 0 Å². The van der Waals surface area contributed by atoms with Gasteiger partial charge in [-0.3, -0.25) is 14.2 Å². The van der Waals surface area contributed by atoms with Gasteiger partial charge in [0, 0.05) is 37.4 Å². The number of piperazine rings is 1. The molecule has 2 fully saturated rings. The fourth-order valence-corrected chi connectivity index (χ4v) is 3.90. The first kappa shape index (κ1) is 18.7. The molecular weight excluding hydrogens is 387 g/mol. The van der Waals surface area contributed by atoms with Crippen LogP contribution in [-0.4, -0.2) is 68.1 Å². The minimum atomic E-state index is -1.16. The summed E-state index contributed by atoms with van der Waals surface area (Å²) in [4.78, 5) is 32.6. The Labute approximate surface area is 172 Å². The highest BCUT2D eigenvalue weighted by Gasteiger charge is 2.50. The topological polar surface area (TPSA) is 78.7 Å². The number of hydrogen-bond donors (Lipinski definition) is 1. The van der Waals surface area contributed by atoms with Crippen LogP contribution in [0.1, 0.15) is 23.2 Å². The Kier molecular flexibility index (Phi) is 4.32. The van der Waals surface area contributed by atoms with Crippen LogP contribution in [0.2, 0.25) is 0 Å². The maximum absolute atomic E-state index is 13.9. The summed E-state index contributed by atoms with van der Waals surface area (Å²) >= 11 is 0. The number of carbonyl (C=O) groups is 2. The van der Waals surface area contributed by atoms with Gasteiger partial charge in [0.25, 0.3) is 11.8 Å². The Bertz CT molecular complexity index is 1130. The van der Waals surface area contributed by atoms with Crippen molar-refractivity contribution >= 4 is 22.8 Å². The van der Waals surface area contributed by atoms with E-state index in [-0.39, 0.29) is 17.6 Å². The lowest BCUT2D eigenvalue weighted by Crippen LogP contribution is -2.53. The predicted molar refractivity (Wildman–Crippen MR) is 108 cm³/mol. The third-order valence-electron chi connectivity index (χ3n) is 5.90. The average molecular weight is 408 g/mol. The van der Waals surface area contributed by atoms with E-state index in [1.807, 2.05) is 12.1 Å². The van der Waals surface area contributed by atoms with Crippen molar-refractivity contribution in [3.63, 3.8) is 0 Å². The first-order valence-corrected chi connectivity index (χ1v) is 9.99. The van der Waals surface area contributed by atoms with Gasteiger partial charge >= 0.3 is 0 Å². The van der Waals surface area contributed by atoms with Crippen LogP contribution in [0.4, 0.5) is 4.39 Å². The van der Waals surface area contributed by atoms with Crippen LogP contribution in [0.15, 0.2) is 48.8 Å². The van der Waals surface area contributed by atoms with Gasteiger partial charge in [0.15, 0.2) is 5.82 Å². The zero-order valence-corrected chi connectivity index (χ0v) is 16.3. The molecule has 1 aliphatic carbocycles. The molecule has 0 bridgehead atoms. The van der Waals surface area contributed by atoms with Crippen LogP contribution in [0.5, 0.6) is 0 Å². The van der Waals surface area contributed by atoms with Crippen LogP contribution in [0.3, 0.4) is 0 Å². The molecule has 1 aromatic heterocycles. The minimum absolute atomic E-state index is 0.0969. The molecule has 7 nitrogen and oxygen atoms in total. The highest BCUT2D eigenvalue weighted by Crippen LogP contribution is 2.37. The SMILES string of the molecule is O=C(c1ccc(-n2cnc3c(F)cccc32)cc1)N1CCN(C(=O)C2(O)CC2)CC1. The van der Waals surface area contributed by atoms with Gasteiger partial charge in [-0.1, -0.05) is 6.07 Å². The summed E-state index contributed by atoms with van der Waals surface area (Å²) in [6, 6.07) is 11.9. The molecule has 2 heterocycles. The number of carbonyl (C=O) groups excluding carboxylic acids is 2. The fourth-order valence-electron chi connectivity index (χ4n) is 3.90. The van der Waals surface area contributed by atoms with E-state index in [4.69, 9.17) is 0 Å². The number of amides is 2. The molecular formula is C22H21FN4O3. The van der Waals surface area contributed by atoms with Gasteiger partial charge in [-0.25, -0.2) is 9.37 Å². The normalized spacial score (nSPS) is 17.9. The molecule has 0 spiro atoms. The zero-order valence-electron chi connectivity index (χ0n) is 16.3. The summed E-state index contributed by atoms with van der Waals surface area (Å²) in [7, 11) is 0. The number of imidazole rings is 1. The standard InChI is InChI=1S/C22H21FN4O3/c23-17-2-1-3-18-19(17)24-14-27(18)16-6-4-15(5-7-16)20(28)25-10-12-26(13-11-25)21(29)22(30)8-9-22/h1-7,14,30H,8-13H2. The summed E-state index contributed by atoms with van der Waals surface area (Å²) in [5.74, 6) is -0.687. The highest BCUT2D eigenvalue weighted by molar-refractivity contribution is 5.95. The van der Waals surface area contributed by atoms with E-state index in [0.29, 0.717) is 55.6 Å². The Morgan fingerprint density at radius 2 is 1.63 bits per heavy atom.